The van der Waals surface area contributed by atoms with Crippen LogP contribution in [0.2, 0.25) is 0 Å². The van der Waals surface area contributed by atoms with Gasteiger partial charge in [0.25, 0.3) is 0 Å². The summed E-state index contributed by atoms with van der Waals surface area (Å²) in [5, 5.41) is 18.6. The number of carboxylic acids is 1. The molecule has 1 amide bonds. The Kier molecular flexibility index (Phi) is 6.60. The first-order chi connectivity index (χ1) is 15.1. The van der Waals surface area contributed by atoms with Gasteiger partial charge < -0.3 is 14.9 Å². The average Bonchev–Trinajstić information content (AvgIpc) is 3.46. The number of aryl methyl sites for hydroxylation is 1. The van der Waals surface area contributed by atoms with Crippen LogP contribution in [0.5, 0.6) is 0 Å². The molecule has 1 aromatic heterocycles. The smallest absolute Gasteiger partial charge is 0.308 e. The summed E-state index contributed by atoms with van der Waals surface area (Å²) >= 11 is 0. The van der Waals surface area contributed by atoms with Crippen LogP contribution in [0.15, 0.2) is 47.0 Å². The molecule has 0 unspecified atom stereocenters. The van der Waals surface area contributed by atoms with Crippen LogP contribution >= 0.6 is 0 Å². The van der Waals surface area contributed by atoms with Crippen molar-refractivity contribution in [1.82, 2.24) is 15.5 Å². The minimum absolute atomic E-state index is 0.0815. The van der Waals surface area contributed by atoms with Crippen molar-refractivity contribution < 1.29 is 19.2 Å². The Labute approximate surface area is 180 Å². The number of carbonyl (C=O) groups is 2. The Bertz CT molecular complexity index is 1060. The van der Waals surface area contributed by atoms with Crippen molar-refractivity contribution in [2.45, 2.75) is 50.9 Å². The maximum Gasteiger partial charge on any atom is 0.308 e. The lowest BCUT2D eigenvalue weighted by atomic mass is 9.97. The third-order valence-corrected chi connectivity index (χ3v) is 5.96. The van der Waals surface area contributed by atoms with Crippen molar-refractivity contribution in [3.8, 4) is 0 Å². The molecule has 1 aliphatic rings. The van der Waals surface area contributed by atoms with Crippen molar-refractivity contribution in [1.29, 1.82) is 0 Å². The highest BCUT2D eigenvalue weighted by Crippen LogP contribution is 2.32. The van der Waals surface area contributed by atoms with Crippen molar-refractivity contribution in [3.05, 3.63) is 59.7 Å². The Morgan fingerprint density at radius 1 is 1.13 bits per heavy atom. The number of aliphatic carboxylic acids is 1. The fourth-order valence-electron chi connectivity index (χ4n) is 4.16. The molecule has 1 saturated carbocycles. The van der Waals surface area contributed by atoms with Crippen LogP contribution in [0, 0.1) is 5.92 Å². The minimum Gasteiger partial charge on any atom is -0.481 e. The highest BCUT2D eigenvalue weighted by Gasteiger charge is 2.23. The summed E-state index contributed by atoms with van der Waals surface area (Å²) in [6.45, 7) is 0.0815. The molecule has 2 aromatic carbocycles. The van der Waals surface area contributed by atoms with E-state index in [4.69, 9.17) is 4.52 Å². The quantitative estimate of drug-likeness (QED) is 0.543. The van der Waals surface area contributed by atoms with Crippen LogP contribution in [-0.4, -0.2) is 33.7 Å². The van der Waals surface area contributed by atoms with Crippen LogP contribution in [-0.2, 0) is 22.4 Å². The topological polar surface area (TPSA) is 105 Å². The van der Waals surface area contributed by atoms with Gasteiger partial charge >= 0.3 is 5.97 Å². The zero-order valence-electron chi connectivity index (χ0n) is 17.4. The predicted molar refractivity (Wildman–Crippen MR) is 116 cm³/mol. The Morgan fingerprint density at radius 3 is 2.68 bits per heavy atom. The lowest BCUT2D eigenvalue weighted by Crippen LogP contribution is -2.34. The van der Waals surface area contributed by atoms with E-state index in [0.717, 1.165) is 35.0 Å². The lowest BCUT2D eigenvalue weighted by molar-refractivity contribution is -0.141. The number of nitrogens with zero attached hydrogens (tertiary/aromatic N) is 2. The first-order valence-electron chi connectivity index (χ1n) is 10.9. The number of carbonyl (C=O) groups excluding carboxylic acids is 1. The van der Waals surface area contributed by atoms with Gasteiger partial charge in [0.05, 0.1) is 5.92 Å². The molecule has 1 heterocycles. The summed E-state index contributed by atoms with van der Waals surface area (Å²) in [7, 11) is 0. The highest BCUT2D eigenvalue weighted by atomic mass is 16.5. The number of rotatable bonds is 9. The number of aromatic nitrogens is 2. The monoisotopic (exact) mass is 421 g/mol. The van der Waals surface area contributed by atoms with E-state index >= 15 is 0 Å². The Hall–Kier alpha value is -3.22. The molecule has 1 atom stereocenters. The van der Waals surface area contributed by atoms with Crippen LogP contribution in [0.3, 0.4) is 0 Å². The Morgan fingerprint density at radius 2 is 1.90 bits per heavy atom. The first-order valence-corrected chi connectivity index (χ1v) is 10.9. The maximum atomic E-state index is 12.2. The number of fused-ring (bicyclic) bond motifs is 1. The number of carboxylic acid groups (broad SMARTS) is 1. The van der Waals surface area contributed by atoms with Crippen molar-refractivity contribution >= 4 is 22.6 Å². The fourth-order valence-corrected chi connectivity index (χ4v) is 4.16. The van der Waals surface area contributed by atoms with Gasteiger partial charge in [-0.05, 0) is 35.6 Å². The van der Waals surface area contributed by atoms with E-state index in [1.165, 1.54) is 12.8 Å². The molecule has 0 bridgehead atoms. The number of hydrogen-bond donors (Lipinski definition) is 2. The first kappa shape index (κ1) is 21.0. The third kappa shape index (κ3) is 5.48. The molecule has 0 saturated heterocycles. The zero-order chi connectivity index (χ0) is 21.6. The molecule has 7 heteroatoms. The summed E-state index contributed by atoms with van der Waals surface area (Å²) in [5.41, 5.74) is 0.936. The van der Waals surface area contributed by atoms with E-state index in [-0.39, 0.29) is 18.9 Å². The van der Waals surface area contributed by atoms with Gasteiger partial charge in [0.15, 0.2) is 5.82 Å². The van der Waals surface area contributed by atoms with Crippen molar-refractivity contribution in [2.24, 2.45) is 5.92 Å². The number of hydrogen-bond acceptors (Lipinski definition) is 5. The zero-order valence-corrected chi connectivity index (χ0v) is 17.4. The van der Waals surface area contributed by atoms with Crippen LogP contribution in [0.4, 0.5) is 0 Å². The van der Waals surface area contributed by atoms with Gasteiger partial charge in [-0.15, -0.1) is 0 Å². The SMILES string of the molecule is O=C(CCc1nc(C2CCCC2)no1)NC[C@H](Cc1ccc2ccccc2c1)C(=O)O. The van der Waals surface area contributed by atoms with E-state index in [1.54, 1.807) is 0 Å². The van der Waals surface area contributed by atoms with Crippen LogP contribution in [0.25, 0.3) is 10.8 Å². The molecule has 3 aromatic rings. The summed E-state index contributed by atoms with van der Waals surface area (Å²) < 4.78 is 5.27. The van der Waals surface area contributed by atoms with E-state index in [0.29, 0.717) is 24.7 Å². The van der Waals surface area contributed by atoms with Gasteiger partial charge in [0.2, 0.25) is 11.8 Å². The molecule has 1 aliphatic carbocycles. The molecule has 2 N–H and O–H groups in total. The van der Waals surface area contributed by atoms with E-state index in [1.807, 2.05) is 42.5 Å². The number of amides is 1. The van der Waals surface area contributed by atoms with Gasteiger partial charge in [0, 0.05) is 25.3 Å². The van der Waals surface area contributed by atoms with Crippen molar-refractivity contribution in [3.63, 3.8) is 0 Å². The molecule has 0 spiro atoms. The van der Waals surface area contributed by atoms with E-state index < -0.39 is 11.9 Å². The lowest BCUT2D eigenvalue weighted by Gasteiger charge is -2.14. The number of nitrogens with one attached hydrogen (secondary N) is 1. The van der Waals surface area contributed by atoms with Gasteiger partial charge in [-0.25, -0.2) is 0 Å². The normalized spacial score (nSPS) is 15.2. The van der Waals surface area contributed by atoms with Gasteiger partial charge in [0.1, 0.15) is 0 Å². The minimum atomic E-state index is -0.924. The fraction of sp³-hybridized carbons (Fsp3) is 0.417. The van der Waals surface area contributed by atoms with Gasteiger partial charge in [-0.1, -0.05) is 60.5 Å². The predicted octanol–water partition coefficient (Wildman–Crippen LogP) is 3.87. The average molecular weight is 421 g/mol. The summed E-state index contributed by atoms with van der Waals surface area (Å²) in [5.74, 6) is -0.255. The third-order valence-electron chi connectivity index (χ3n) is 5.96. The van der Waals surface area contributed by atoms with Gasteiger partial charge in [-0.2, -0.15) is 4.98 Å². The second-order valence-electron chi connectivity index (χ2n) is 8.25. The van der Waals surface area contributed by atoms with E-state index in [2.05, 4.69) is 15.5 Å². The highest BCUT2D eigenvalue weighted by molar-refractivity contribution is 5.83. The van der Waals surface area contributed by atoms with Crippen LogP contribution < -0.4 is 5.32 Å². The molecular weight excluding hydrogens is 394 g/mol. The molecule has 31 heavy (non-hydrogen) atoms. The molecular formula is C24H27N3O4. The number of benzene rings is 2. The molecule has 1 fully saturated rings. The second kappa shape index (κ2) is 9.73. The summed E-state index contributed by atoms with van der Waals surface area (Å²) in [4.78, 5) is 28.4. The molecule has 4 rings (SSSR count). The summed E-state index contributed by atoms with van der Waals surface area (Å²) in [6.07, 6.45) is 5.47. The molecule has 0 radical (unpaired) electrons. The largest absolute Gasteiger partial charge is 0.481 e. The van der Waals surface area contributed by atoms with Crippen LogP contribution in [0.1, 0.15) is 55.3 Å². The Balaban J connectivity index is 1.27. The van der Waals surface area contributed by atoms with E-state index in [9.17, 15) is 14.7 Å². The second-order valence-corrected chi connectivity index (χ2v) is 8.25. The standard InChI is InChI=1S/C24H27N3O4/c28-21(11-12-22-26-23(27-31-22)18-6-2-3-7-18)25-15-20(24(29)30)14-16-9-10-17-5-1-4-8-19(17)13-16/h1,4-5,8-10,13,18,20H,2-3,6-7,11-12,14-15H2,(H,25,28)(H,29,30)/t20-/m0/s1. The van der Waals surface area contributed by atoms with Gasteiger partial charge in [-0.3, -0.25) is 9.59 Å². The molecule has 0 aliphatic heterocycles. The molecule has 7 nitrogen and oxygen atoms in total. The van der Waals surface area contributed by atoms with Crippen molar-refractivity contribution in [2.75, 3.05) is 6.54 Å². The molecule has 162 valence electrons. The maximum absolute atomic E-state index is 12.2. The summed E-state index contributed by atoms with van der Waals surface area (Å²) in [6, 6.07) is 13.9.